The molecule has 0 unspecified atom stereocenters. The molecular formula is C23H27ClN4O4. The topological polar surface area (TPSA) is 109 Å². The lowest BCUT2D eigenvalue weighted by Crippen LogP contribution is -2.38. The van der Waals surface area contributed by atoms with Crippen molar-refractivity contribution < 1.29 is 19.1 Å². The molecule has 0 saturated heterocycles. The number of halogens is 1. The summed E-state index contributed by atoms with van der Waals surface area (Å²) in [5.74, 6) is -1.63. The van der Waals surface area contributed by atoms with Crippen LogP contribution in [-0.2, 0) is 14.4 Å². The van der Waals surface area contributed by atoms with E-state index in [1.807, 2.05) is 39.0 Å². The minimum absolute atomic E-state index is 0.235. The summed E-state index contributed by atoms with van der Waals surface area (Å²) in [5, 5.41) is 9.47. The molecular weight excluding hydrogens is 432 g/mol. The van der Waals surface area contributed by atoms with Crippen molar-refractivity contribution in [3.63, 3.8) is 0 Å². The van der Waals surface area contributed by atoms with Crippen molar-refractivity contribution in [3.05, 3.63) is 58.1 Å². The maximum absolute atomic E-state index is 12.2. The Kier molecular flexibility index (Phi) is 9.69. The zero-order valence-electron chi connectivity index (χ0n) is 18.3. The van der Waals surface area contributed by atoms with Crippen LogP contribution in [0.25, 0.3) is 0 Å². The number of nitrogens with zero attached hydrogens (tertiary/aromatic N) is 1. The van der Waals surface area contributed by atoms with E-state index >= 15 is 0 Å². The first-order chi connectivity index (χ1) is 15.3. The molecule has 0 fully saturated rings. The van der Waals surface area contributed by atoms with Crippen molar-refractivity contribution in [3.8, 4) is 5.75 Å². The maximum Gasteiger partial charge on any atom is 0.329 e. The molecule has 0 bridgehead atoms. The molecule has 3 amide bonds. The lowest BCUT2D eigenvalue weighted by molar-refractivity contribution is -0.139. The number of nitrogens with one attached hydrogen (secondary N) is 3. The number of ether oxygens (including phenoxy) is 1. The highest BCUT2D eigenvalue weighted by Gasteiger charge is 2.12. The van der Waals surface area contributed by atoms with Gasteiger partial charge >= 0.3 is 11.8 Å². The number of aryl methyl sites for hydroxylation is 2. The number of rotatable bonds is 9. The van der Waals surface area contributed by atoms with Crippen LogP contribution in [0, 0.1) is 13.8 Å². The number of hydrogen-bond donors (Lipinski definition) is 3. The Morgan fingerprint density at radius 2 is 1.84 bits per heavy atom. The average molecular weight is 459 g/mol. The van der Waals surface area contributed by atoms with Crippen LogP contribution in [0.3, 0.4) is 0 Å². The van der Waals surface area contributed by atoms with Crippen LogP contribution in [0.4, 0.5) is 5.69 Å². The van der Waals surface area contributed by atoms with Gasteiger partial charge in [0.05, 0.1) is 6.21 Å². The van der Waals surface area contributed by atoms with E-state index in [0.29, 0.717) is 28.6 Å². The van der Waals surface area contributed by atoms with E-state index in [1.54, 1.807) is 18.2 Å². The van der Waals surface area contributed by atoms with E-state index in [9.17, 15) is 14.4 Å². The number of benzene rings is 2. The van der Waals surface area contributed by atoms with Crippen molar-refractivity contribution >= 4 is 41.2 Å². The highest BCUT2D eigenvalue weighted by Crippen LogP contribution is 2.21. The number of carbonyl (C=O) groups is 3. The number of hydrogen-bond acceptors (Lipinski definition) is 5. The zero-order valence-corrected chi connectivity index (χ0v) is 19.1. The predicted molar refractivity (Wildman–Crippen MR) is 125 cm³/mol. The van der Waals surface area contributed by atoms with Gasteiger partial charge < -0.3 is 15.4 Å². The Labute approximate surface area is 192 Å². The molecule has 0 spiro atoms. The molecule has 2 aromatic rings. The Balaban J connectivity index is 1.94. The quantitative estimate of drug-likeness (QED) is 0.232. The van der Waals surface area contributed by atoms with Crippen LogP contribution in [-0.4, -0.2) is 37.1 Å². The van der Waals surface area contributed by atoms with E-state index in [2.05, 4.69) is 21.2 Å². The summed E-state index contributed by atoms with van der Waals surface area (Å²) in [4.78, 5) is 35.7. The molecule has 8 nitrogen and oxygen atoms in total. The fraction of sp³-hybridized carbons (Fsp3) is 0.304. The normalized spacial score (nSPS) is 10.6. The molecule has 0 aliphatic heterocycles. The molecule has 170 valence electrons. The van der Waals surface area contributed by atoms with Gasteiger partial charge in [-0.25, -0.2) is 5.43 Å². The van der Waals surface area contributed by atoms with Crippen LogP contribution in [0.5, 0.6) is 5.75 Å². The Morgan fingerprint density at radius 3 is 2.56 bits per heavy atom. The molecule has 0 radical (unpaired) electrons. The molecule has 2 rings (SSSR count). The Hall–Kier alpha value is -3.39. The minimum Gasteiger partial charge on any atom is -0.483 e. The third-order valence-electron chi connectivity index (χ3n) is 4.51. The van der Waals surface area contributed by atoms with Gasteiger partial charge in [0.2, 0.25) is 0 Å². The second-order valence-electron chi connectivity index (χ2n) is 7.13. The van der Waals surface area contributed by atoms with Crippen molar-refractivity contribution in [1.29, 1.82) is 0 Å². The first kappa shape index (κ1) is 24.9. The van der Waals surface area contributed by atoms with E-state index in [4.69, 9.17) is 16.3 Å². The van der Waals surface area contributed by atoms with Crippen molar-refractivity contribution in [2.75, 3.05) is 18.5 Å². The average Bonchev–Trinajstić information content (AvgIpc) is 2.75. The summed E-state index contributed by atoms with van der Waals surface area (Å²) in [7, 11) is 0. The fourth-order valence-electron chi connectivity index (χ4n) is 2.58. The van der Waals surface area contributed by atoms with Gasteiger partial charge in [-0.15, -0.1) is 0 Å². The van der Waals surface area contributed by atoms with Crippen LogP contribution in [0.2, 0.25) is 5.02 Å². The summed E-state index contributed by atoms with van der Waals surface area (Å²) in [6.45, 7) is 6.13. The van der Waals surface area contributed by atoms with Gasteiger partial charge in [-0.2, -0.15) is 5.10 Å². The van der Waals surface area contributed by atoms with Gasteiger partial charge in [0.1, 0.15) is 5.75 Å². The predicted octanol–water partition coefficient (Wildman–Crippen LogP) is 3.34. The molecule has 2 aromatic carbocycles. The summed E-state index contributed by atoms with van der Waals surface area (Å²) < 4.78 is 5.60. The molecule has 0 saturated carbocycles. The third kappa shape index (κ3) is 8.03. The number of hydrazone groups is 1. The fourth-order valence-corrected chi connectivity index (χ4v) is 2.76. The number of amides is 3. The standard InChI is InChI=1S/C23H27ClN4O4/c1-4-5-10-25-22(30)23(31)28-26-13-17-12-18(24)7-9-20(17)32-14-21(29)27-19-8-6-15(2)16(3)11-19/h6-9,11-13H,4-5,10,14H2,1-3H3,(H,25,30)(H,27,29)(H,28,31)/b26-13-. The van der Waals surface area contributed by atoms with Crippen molar-refractivity contribution in [1.82, 2.24) is 10.7 Å². The second-order valence-corrected chi connectivity index (χ2v) is 7.56. The van der Waals surface area contributed by atoms with E-state index in [0.717, 1.165) is 24.0 Å². The molecule has 0 aromatic heterocycles. The molecule has 0 aliphatic rings. The van der Waals surface area contributed by atoms with Gasteiger partial charge in [-0.1, -0.05) is 31.0 Å². The maximum atomic E-state index is 12.2. The molecule has 0 atom stereocenters. The zero-order chi connectivity index (χ0) is 23.5. The molecule has 0 aliphatic carbocycles. The number of anilines is 1. The monoisotopic (exact) mass is 458 g/mol. The minimum atomic E-state index is -0.880. The lowest BCUT2D eigenvalue weighted by atomic mass is 10.1. The number of carbonyl (C=O) groups excluding carboxylic acids is 3. The molecule has 32 heavy (non-hydrogen) atoms. The number of unbranched alkanes of at least 4 members (excludes halogenated alkanes) is 1. The van der Waals surface area contributed by atoms with E-state index in [-0.39, 0.29) is 12.5 Å². The van der Waals surface area contributed by atoms with Gasteiger partial charge in [0, 0.05) is 22.8 Å². The SMILES string of the molecule is CCCCNC(=O)C(=O)N/N=C\c1cc(Cl)ccc1OCC(=O)Nc1ccc(C)c(C)c1. The summed E-state index contributed by atoms with van der Waals surface area (Å²) in [6, 6.07) is 10.4. The molecule has 3 N–H and O–H groups in total. The van der Waals surface area contributed by atoms with Crippen molar-refractivity contribution in [2.45, 2.75) is 33.6 Å². The summed E-state index contributed by atoms with van der Waals surface area (Å²) >= 11 is 6.03. The van der Waals surface area contributed by atoms with Crippen LogP contribution < -0.4 is 20.8 Å². The van der Waals surface area contributed by atoms with Gasteiger partial charge in [0.15, 0.2) is 6.61 Å². The largest absolute Gasteiger partial charge is 0.483 e. The van der Waals surface area contributed by atoms with Crippen LogP contribution in [0.1, 0.15) is 36.5 Å². The second kappa shape index (κ2) is 12.5. The lowest BCUT2D eigenvalue weighted by Gasteiger charge is -2.11. The van der Waals surface area contributed by atoms with Gasteiger partial charge in [-0.05, 0) is 61.7 Å². The van der Waals surface area contributed by atoms with Crippen LogP contribution in [0.15, 0.2) is 41.5 Å². The van der Waals surface area contributed by atoms with Gasteiger partial charge in [0.25, 0.3) is 5.91 Å². The van der Waals surface area contributed by atoms with Gasteiger partial charge in [-0.3, -0.25) is 14.4 Å². The summed E-state index contributed by atoms with van der Waals surface area (Å²) in [6.07, 6.45) is 2.97. The first-order valence-electron chi connectivity index (χ1n) is 10.2. The molecule has 9 heteroatoms. The highest BCUT2D eigenvalue weighted by molar-refractivity contribution is 6.35. The van der Waals surface area contributed by atoms with E-state index in [1.165, 1.54) is 6.21 Å². The third-order valence-corrected chi connectivity index (χ3v) is 4.75. The Morgan fingerprint density at radius 1 is 1.06 bits per heavy atom. The summed E-state index contributed by atoms with van der Waals surface area (Å²) in [5.41, 5.74) is 5.47. The smallest absolute Gasteiger partial charge is 0.329 e. The first-order valence-corrected chi connectivity index (χ1v) is 10.6. The highest BCUT2D eigenvalue weighted by atomic mass is 35.5. The van der Waals surface area contributed by atoms with E-state index < -0.39 is 11.8 Å². The van der Waals surface area contributed by atoms with Crippen LogP contribution >= 0.6 is 11.6 Å². The van der Waals surface area contributed by atoms with Crippen molar-refractivity contribution in [2.24, 2.45) is 5.10 Å². The Bertz CT molecular complexity index is 1010. The molecule has 0 heterocycles.